The summed E-state index contributed by atoms with van der Waals surface area (Å²) in [6.45, 7) is 8.38. The highest BCUT2D eigenvalue weighted by atomic mass is 32.2. The predicted octanol–water partition coefficient (Wildman–Crippen LogP) is 2.68. The van der Waals surface area contributed by atoms with Gasteiger partial charge in [-0.1, -0.05) is 32.9 Å². The molecule has 2 heterocycles. The molecule has 3 rings (SSSR count). The SMILES string of the molecule is CC(C)(C)c1ccc(S(=O)(=O)N2CCC(C(=O)NC[C@H]3CCCO3)CC2)cc1. The minimum atomic E-state index is -3.52. The highest BCUT2D eigenvalue weighted by Gasteiger charge is 2.32. The van der Waals surface area contributed by atoms with E-state index in [4.69, 9.17) is 4.74 Å². The molecule has 0 bridgehead atoms. The topological polar surface area (TPSA) is 75.7 Å². The Morgan fingerprint density at radius 3 is 2.32 bits per heavy atom. The lowest BCUT2D eigenvalue weighted by Crippen LogP contribution is -2.44. The van der Waals surface area contributed by atoms with Gasteiger partial charge in [0, 0.05) is 32.2 Å². The lowest BCUT2D eigenvalue weighted by atomic mass is 9.87. The molecule has 1 amide bonds. The van der Waals surface area contributed by atoms with E-state index in [-0.39, 0.29) is 23.3 Å². The molecule has 2 fully saturated rings. The fourth-order valence-corrected chi connectivity index (χ4v) is 5.27. The van der Waals surface area contributed by atoms with Crippen molar-refractivity contribution in [1.29, 1.82) is 0 Å². The number of benzene rings is 1. The first kappa shape index (κ1) is 21.3. The Morgan fingerprint density at radius 1 is 1.14 bits per heavy atom. The Hall–Kier alpha value is -1.44. The van der Waals surface area contributed by atoms with Gasteiger partial charge in [-0.05, 0) is 48.8 Å². The summed E-state index contributed by atoms with van der Waals surface area (Å²) in [5, 5.41) is 2.97. The highest BCUT2D eigenvalue weighted by molar-refractivity contribution is 7.89. The van der Waals surface area contributed by atoms with Gasteiger partial charge < -0.3 is 10.1 Å². The zero-order valence-electron chi connectivity index (χ0n) is 17.1. The van der Waals surface area contributed by atoms with Gasteiger partial charge in [-0.3, -0.25) is 4.79 Å². The molecule has 0 unspecified atom stereocenters. The van der Waals surface area contributed by atoms with Gasteiger partial charge in [0.25, 0.3) is 0 Å². The van der Waals surface area contributed by atoms with Gasteiger partial charge in [0.15, 0.2) is 0 Å². The Bertz CT molecular complexity index is 770. The summed E-state index contributed by atoms with van der Waals surface area (Å²) in [4.78, 5) is 12.7. The van der Waals surface area contributed by atoms with Crippen molar-refractivity contribution in [2.75, 3.05) is 26.2 Å². The standard InChI is InChI=1S/C21H32N2O4S/c1-21(2,3)17-6-8-19(9-7-17)28(25,26)23-12-10-16(11-13-23)20(24)22-15-18-5-4-14-27-18/h6-9,16,18H,4-5,10-15H2,1-3H3,(H,22,24)/t18-/m1/s1. The molecular formula is C21H32N2O4S. The molecule has 1 N–H and O–H groups in total. The molecule has 0 saturated carbocycles. The number of piperidine rings is 1. The average molecular weight is 409 g/mol. The molecule has 1 atom stereocenters. The first-order valence-corrected chi connectivity index (χ1v) is 11.6. The summed E-state index contributed by atoms with van der Waals surface area (Å²) in [6, 6.07) is 7.16. The zero-order valence-corrected chi connectivity index (χ0v) is 17.9. The second kappa shape index (κ2) is 8.51. The molecule has 0 spiro atoms. The predicted molar refractivity (Wildman–Crippen MR) is 109 cm³/mol. The van der Waals surface area contributed by atoms with Crippen LogP contribution in [0.3, 0.4) is 0 Å². The number of ether oxygens (including phenoxy) is 1. The molecule has 2 aliphatic rings. The van der Waals surface area contributed by atoms with Crippen LogP contribution in [0.4, 0.5) is 0 Å². The average Bonchev–Trinajstić information content (AvgIpc) is 3.19. The Kier molecular flexibility index (Phi) is 6.47. The van der Waals surface area contributed by atoms with E-state index >= 15 is 0 Å². The lowest BCUT2D eigenvalue weighted by Gasteiger charge is -2.31. The number of nitrogens with zero attached hydrogens (tertiary/aromatic N) is 1. The number of hydrogen-bond acceptors (Lipinski definition) is 4. The van der Waals surface area contributed by atoms with Gasteiger partial charge in [-0.15, -0.1) is 0 Å². The summed E-state index contributed by atoms with van der Waals surface area (Å²) in [7, 11) is -3.52. The highest BCUT2D eigenvalue weighted by Crippen LogP contribution is 2.27. The first-order valence-electron chi connectivity index (χ1n) is 10.2. The van der Waals surface area contributed by atoms with Crippen LogP contribution in [0.1, 0.15) is 52.0 Å². The van der Waals surface area contributed by atoms with Gasteiger partial charge in [0.2, 0.25) is 15.9 Å². The molecule has 7 heteroatoms. The third-order valence-electron chi connectivity index (χ3n) is 5.71. The fraction of sp³-hybridized carbons (Fsp3) is 0.667. The van der Waals surface area contributed by atoms with E-state index in [1.165, 1.54) is 4.31 Å². The number of nitrogens with one attached hydrogen (secondary N) is 1. The largest absolute Gasteiger partial charge is 0.376 e. The maximum Gasteiger partial charge on any atom is 0.243 e. The monoisotopic (exact) mass is 408 g/mol. The van der Waals surface area contributed by atoms with E-state index in [1.807, 2.05) is 12.1 Å². The second-order valence-corrected chi connectivity index (χ2v) is 10.8. The number of carbonyl (C=O) groups excluding carboxylic acids is 1. The normalized spacial score (nSPS) is 22.3. The number of hydrogen-bond donors (Lipinski definition) is 1. The van der Waals surface area contributed by atoms with E-state index in [2.05, 4.69) is 26.1 Å². The second-order valence-electron chi connectivity index (χ2n) is 8.83. The van der Waals surface area contributed by atoms with E-state index < -0.39 is 10.0 Å². The zero-order chi connectivity index (χ0) is 20.4. The van der Waals surface area contributed by atoms with Crippen molar-refractivity contribution in [2.45, 2.75) is 62.9 Å². The maximum absolute atomic E-state index is 12.9. The summed E-state index contributed by atoms with van der Waals surface area (Å²) in [6.07, 6.45) is 3.27. The molecule has 2 saturated heterocycles. The molecule has 0 aromatic heterocycles. The molecular weight excluding hydrogens is 376 g/mol. The van der Waals surface area contributed by atoms with E-state index in [0.29, 0.717) is 37.4 Å². The molecule has 1 aromatic carbocycles. The Balaban J connectivity index is 1.55. The third kappa shape index (κ3) is 4.93. The summed E-state index contributed by atoms with van der Waals surface area (Å²) in [5.41, 5.74) is 1.09. The molecule has 0 aliphatic carbocycles. The molecule has 1 aromatic rings. The smallest absolute Gasteiger partial charge is 0.243 e. The quantitative estimate of drug-likeness (QED) is 0.813. The number of rotatable bonds is 5. The van der Waals surface area contributed by atoms with Gasteiger partial charge in [-0.25, -0.2) is 8.42 Å². The molecule has 6 nitrogen and oxygen atoms in total. The molecule has 2 aliphatic heterocycles. The van der Waals surface area contributed by atoms with E-state index in [0.717, 1.165) is 25.0 Å². The van der Waals surface area contributed by atoms with Crippen LogP contribution in [0, 0.1) is 5.92 Å². The van der Waals surface area contributed by atoms with Gasteiger partial charge in [-0.2, -0.15) is 4.31 Å². The molecule has 0 radical (unpaired) electrons. The van der Waals surface area contributed by atoms with Crippen LogP contribution in [0.5, 0.6) is 0 Å². The van der Waals surface area contributed by atoms with Gasteiger partial charge in [0.1, 0.15) is 0 Å². The summed E-state index contributed by atoms with van der Waals surface area (Å²) < 4.78 is 32.9. The number of sulfonamides is 1. The van der Waals surface area contributed by atoms with E-state index in [9.17, 15) is 13.2 Å². The Labute approximate surface area is 168 Å². The van der Waals surface area contributed by atoms with E-state index in [1.54, 1.807) is 12.1 Å². The maximum atomic E-state index is 12.9. The fourth-order valence-electron chi connectivity index (χ4n) is 3.80. The lowest BCUT2D eigenvalue weighted by molar-refractivity contribution is -0.126. The summed E-state index contributed by atoms with van der Waals surface area (Å²) >= 11 is 0. The van der Waals surface area contributed by atoms with Gasteiger partial charge >= 0.3 is 0 Å². The van der Waals surface area contributed by atoms with Crippen molar-refractivity contribution >= 4 is 15.9 Å². The van der Waals surface area contributed by atoms with Crippen LogP contribution in [-0.2, 0) is 25.0 Å². The van der Waals surface area contributed by atoms with Crippen molar-refractivity contribution in [2.24, 2.45) is 5.92 Å². The minimum absolute atomic E-state index is 0.0158. The van der Waals surface area contributed by atoms with Crippen molar-refractivity contribution in [3.05, 3.63) is 29.8 Å². The van der Waals surface area contributed by atoms with Crippen molar-refractivity contribution in [3.8, 4) is 0 Å². The van der Waals surface area contributed by atoms with Crippen molar-refractivity contribution in [1.82, 2.24) is 9.62 Å². The van der Waals surface area contributed by atoms with Crippen molar-refractivity contribution < 1.29 is 17.9 Å². The third-order valence-corrected chi connectivity index (χ3v) is 7.62. The number of carbonyl (C=O) groups is 1. The minimum Gasteiger partial charge on any atom is -0.376 e. The van der Waals surface area contributed by atoms with Crippen molar-refractivity contribution in [3.63, 3.8) is 0 Å². The van der Waals surface area contributed by atoms with Gasteiger partial charge in [0.05, 0.1) is 11.0 Å². The van der Waals surface area contributed by atoms with Crippen LogP contribution in [0.2, 0.25) is 0 Å². The van der Waals surface area contributed by atoms with Crippen LogP contribution >= 0.6 is 0 Å². The van der Waals surface area contributed by atoms with Crippen LogP contribution in [0.15, 0.2) is 29.2 Å². The molecule has 28 heavy (non-hydrogen) atoms. The van der Waals surface area contributed by atoms with Crippen LogP contribution < -0.4 is 5.32 Å². The van der Waals surface area contributed by atoms with Crippen LogP contribution in [-0.4, -0.2) is 51.0 Å². The number of amides is 1. The summed E-state index contributed by atoms with van der Waals surface area (Å²) in [5.74, 6) is -0.113. The van der Waals surface area contributed by atoms with Crippen LogP contribution in [0.25, 0.3) is 0 Å². The Morgan fingerprint density at radius 2 is 1.79 bits per heavy atom. The first-order chi connectivity index (χ1) is 13.2. The molecule has 156 valence electrons.